The molecule has 1 nitrogen and oxygen atoms in total. The molecule has 0 heterocycles. The standard InChI is InChI=1S/C17H16F2O/c18-15-6-2-5-14(17(15)19)16(20)10-11-7-8-12-3-1-4-13(12)9-11/h2,5-9,16,20H,1,3-4,10H2. The molecule has 3 rings (SSSR count). The number of aliphatic hydroxyl groups is 1. The first-order chi connectivity index (χ1) is 9.65. The van der Waals surface area contributed by atoms with Crippen molar-refractivity contribution in [3.8, 4) is 0 Å². The van der Waals surface area contributed by atoms with E-state index in [4.69, 9.17) is 0 Å². The average molecular weight is 274 g/mol. The Morgan fingerprint density at radius 1 is 1.05 bits per heavy atom. The average Bonchev–Trinajstić information content (AvgIpc) is 2.89. The highest BCUT2D eigenvalue weighted by Crippen LogP contribution is 2.26. The Bertz CT molecular complexity index is 637. The Morgan fingerprint density at radius 2 is 1.85 bits per heavy atom. The summed E-state index contributed by atoms with van der Waals surface area (Å²) < 4.78 is 26.8. The van der Waals surface area contributed by atoms with E-state index >= 15 is 0 Å². The van der Waals surface area contributed by atoms with Crippen molar-refractivity contribution in [2.45, 2.75) is 31.8 Å². The molecule has 1 unspecified atom stereocenters. The highest BCUT2D eigenvalue weighted by Gasteiger charge is 2.17. The zero-order chi connectivity index (χ0) is 14.1. The molecule has 0 fully saturated rings. The van der Waals surface area contributed by atoms with Gasteiger partial charge in [-0.05, 0) is 42.0 Å². The van der Waals surface area contributed by atoms with Gasteiger partial charge in [0.1, 0.15) is 0 Å². The van der Waals surface area contributed by atoms with Gasteiger partial charge in [-0.2, -0.15) is 0 Å². The van der Waals surface area contributed by atoms with Crippen LogP contribution in [0.3, 0.4) is 0 Å². The summed E-state index contributed by atoms with van der Waals surface area (Å²) in [5.41, 5.74) is 3.65. The zero-order valence-electron chi connectivity index (χ0n) is 11.1. The molecule has 0 saturated carbocycles. The molecule has 1 aliphatic carbocycles. The van der Waals surface area contributed by atoms with Crippen LogP contribution < -0.4 is 0 Å². The molecule has 20 heavy (non-hydrogen) atoms. The van der Waals surface area contributed by atoms with Crippen molar-refractivity contribution in [2.75, 3.05) is 0 Å². The number of fused-ring (bicyclic) bond motifs is 1. The van der Waals surface area contributed by atoms with E-state index in [-0.39, 0.29) is 5.56 Å². The third kappa shape index (κ3) is 2.46. The Kier molecular flexibility index (Phi) is 3.53. The van der Waals surface area contributed by atoms with Crippen LogP contribution in [0.2, 0.25) is 0 Å². The molecule has 1 atom stereocenters. The van der Waals surface area contributed by atoms with E-state index in [9.17, 15) is 13.9 Å². The molecule has 0 aromatic heterocycles. The smallest absolute Gasteiger partial charge is 0.164 e. The summed E-state index contributed by atoms with van der Waals surface area (Å²) in [6.45, 7) is 0. The minimum atomic E-state index is -1.02. The summed E-state index contributed by atoms with van der Waals surface area (Å²) in [6.07, 6.45) is 2.61. The van der Waals surface area contributed by atoms with Gasteiger partial charge in [0.2, 0.25) is 0 Å². The van der Waals surface area contributed by atoms with Crippen LogP contribution in [0.25, 0.3) is 0 Å². The van der Waals surface area contributed by atoms with Crippen LogP contribution in [0.5, 0.6) is 0 Å². The fourth-order valence-electron chi connectivity index (χ4n) is 2.86. The molecule has 0 aliphatic heterocycles. The highest BCUT2D eigenvalue weighted by atomic mass is 19.2. The normalized spacial score (nSPS) is 15.2. The molecule has 2 aromatic carbocycles. The molecule has 0 radical (unpaired) electrons. The van der Waals surface area contributed by atoms with Gasteiger partial charge in [-0.15, -0.1) is 0 Å². The van der Waals surface area contributed by atoms with Crippen LogP contribution >= 0.6 is 0 Å². The highest BCUT2D eigenvalue weighted by molar-refractivity contribution is 5.36. The number of rotatable bonds is 3. The van der Waals surface area contributed by atoms with Crippen LogP contribution in [0.1, 0.15) is 34.8 Å². The minimum absolute atomic E-state index is 0.0190. The fourth-order valence-corrected chi connectivity index (χ4v) is 2.86. The number of aliphatic hydroxyl groups excluding tert-OH is 1. The van der Waals surface area contributed by atoms with Gasteiger partial charge in [0.15, 0.2) is 11.6 Å². The molecule has 1 N–H and O–H groups in total. The minimum Gasteiger partial charge on any atom is -0.388 e. The van der Waals surface area contributed by atoms with Crippen molar-refractivity contribution < 1.29 is 13.9 Å². The third-order valence-corrected chi connectivity index (χ3v) is 3.93. The van der Waals surface area contributed by atoms with E-state index in [2.05, 4.69) is 12.1 Å². The van der Waals surface area contributed by atoms with Gasteiger partial charge in [0, 0.05) is 12.0 Å². The van der Waals surface area contributed by atoms with E-state index in [0.717, 1.165) is 24.5 Å². The lowest BCUT2D eigenvalue weighted by Crippen LogP contribution is -2.06. The first-order valence-corrected chi connectivity index (χ1v) is 6.88. The Hall–Kier alpha value is -1.74. The van der Waals surface area contributed by atoms with Crippen molar-refractivity contribution in [1.29, 1.82) is 0 Å². The molecule has 2 aromatic rings. The van der Waals surface area contributed by atoms with E-state index in [1.54, 1.807) is 0 Å². The van der Waals surface area contributed by atoms with E-state index in [1.165, 1.54) is 29.7 Å². The topological polar surface area (TPSA) is 20.2 Å². The van der Waals surface area contributed by atoms with Gasteiger partial charge in [0.25, 0.3) is 0 Å². The molecule has 3 heteroatoms. The van der Waals surface area contributed by atoms with Gasteiger partial charge >= 0.3 is 0 Å². The number of aryl methyl sites for hydroxylation is 2. The monoisotopic (exact) mass is 274 g/mol. The van der Waals surface area contributed by atoms with Crippen molar-refractivity contribution >= 4 is 0 Å². The van der Waals surface area contributed by atoms with E-state index in [0.29, 0.717) is 6.42 Å². The predicted octanol–water partition coefficient (Wildman–Crippen LogP) is 3.73. The predicted molar refractivity (Wildman–Crippen MR) is 73.5 cm³/mol. The van der Waals surface area contributed by atoms with Gasteiger partial charge in [-0.3, -0.25) is 0 Å². The second kappa shape index (κ2) is 5.33. The lowest BCUT2D eigenvalue weighted by molar-refractivity contribution is 0.172. The lowest BCUT2D eigenvalue weighted by Gasteiger charge is -2.13. The maximum atomic E-state index is 13.6. The number of benzene rings is 2. The molecule has 0 amide bonds. The first kappa shape index (κ1) is 13.3. The summed E-state index contributed by atoms with van der Waals surface area (Å²) in [5.74, 6) is -1.88. The Labute approximate surface area is 116 Å². The Morgan fingerprint density at radius 3 is 2.70 bits per heavy atom. The fraction of sp³-hybridized carbons (Fsp3) is 0.294. The molecular weight excluding hydrogens is 258 g/mol. The van der Waals surface area contributed by atoms with E-state index in [1.807, 2.05) is 6.07 Å². The van der Waals surface area contributed by atoms with Crippen molar-refractivity contribution in [2.24, 2.45) is 0 Å². The van der Waals surface area contributed by atoms with Crippen LogP contribution in [-0.4, -0.2) is 5.11 Å². The summed E-state index contributed by atoms with van der Waals surface area (Å²) in [7, 11) is 0. The van der Waals surface area contributed by atoms with E-state index < -0.39 is 17.7 Å². The maximum absolute atomic E-state index is 13.6. The number of halogens is 2. The van der Waals surface area contributed by atoms with Crippen LogP contribution in [0.4, 0.5) is 8.78 Å². The van der Waals surface area contributed by atoms with Crippen molar-refractivity contribution in [3.05, 3.63) is 70.3 Å². The van der Waals surface area contributed by atoms with Gasteiger partial charge < -0.3 is 5.11 Å². The summed E-state index contributed by atoms with van der Waals surface area (Å²) >= 11 is 0. The number of hydrogen-bond acceptors (Lipinski definition) is 1. The van der Waals surface area contributed by atoms with Crippen LogP contribution in [0, 0.1) is 11.6 Å². The second-order valence-corrected chi connectivity index (χ2v) is 5.32. The second-order valence-electron chi connectivity index (χ2n) is 5.32. The summed E-state index contributed by atoms with van der Waals surface area (Å²) in [6, 6.07) is 10.0. The van der Waals surface area contributed by atoms with Crippen molar-refractivity contribution in [1.82, 2.24) is 0 Å². The van der Waals surface area contributed by atoms with Crippen molar-refractivity contribution in [3.63, 3.8) is 0 Å². The van der Waals surface area contributed by atoms with Crippen LogP contribution in [0.15, 0.2) is 36.4 Å². The third-order valence-electron chi connectivity index (χ3n) is 3.93. The molecule has 1 aliphatic rings. The Balaban J connectivity index is 1.82. The first-order valence-electron chi connectivity index (χ1n) is 6.88. The van der Waals surface area contributed by atoms with Gasteiger partial charge in [-0.1, -0.05) is 30.3 Å². The molecule has 104 valence electrons. The molecule has 0 saturated heterocycles. The SMILES string of the molecule is OC(Cc1ccc2c(c1)CCC2)c1cccc(F)c1F. The number of hydrogen-bond donors (Lipinski definition) is 1. The van der Waals surface area contributed by atoms with Crippen LogP contribution in [-0.2, 0) is 19.3 Å². The maximum Gasteiger partial charge on any atom is 0.164 e. The summed E-state index contributed by atoms with van der Waals surface area (Å²) in [4.78, 5) is 0. The molecule has 0 spiro atoms. The summed E-state index contributed by atoms with van der Waals surface area (Å²) in [5, 5.41) is 10.1. The largest absolute Gasteiger partial charge is 0.388 e. The lowest BCUT2D eigenvalue weighted by atomic mass is 9.98. The van der Waals surface area contributed by atoms with Gasteiger partial charge in [-0.25, -0.2) is 8.78 Å². The molecule has 0 bridgehead atoms. The quantitative estimate of drug-likeness (QED) is 0.904. The zero-order valence-corrected chi connectivity index (χ0v) is 11.1. The molecular formula is C17H16F2O. The van der Waals surface area contributed by atoms with Gasteiger partial charge in [0.05, 0.1) is 6.10 Å².